The Kier molecular flexibility index (Phi) is 3.55. The van der Waals surface area contributed by atoms with Gasteiger partial charge in [-0.15, -0.1) is 0 Å². The minimum Gasteiger partial charge on any atom is -0.469 e. The first-order chi connectivity index (χ1) is 10.1. The summed E-state index contributed by atoms with van der Waals surface area (Å²) in [7, 11) is 1.67. The molecule has 1 aliphatic heterocycles. The third-order valence-corrected chi connectivity index (χ3v) is 4.06. The summed E-state index contributed by atoms with van der Waals surface area (Å²) in [6, 6.07) is -0.0915. The number of aromatic amines is 1. The molecule has 3 rings (SSSR count). The van der Waals surface area contributed by atoms with E-state index >= 15 is 0 Å². The van der Waals surface area contributed by atoms with Crippen LogP contribution in [-0.4, -0.2) is 40.5 Å². The average Bonchev–Trinajstić information content (AvgIpc) is 3.17. The Labute approximate surface area is 123 Å². The zero-order valence-corrected chi connectivity index (χ0v) is 12.4. The molecule has 0 aliphatic carbocycles. The number of nitrogens with zero attached hydrogens (tertiary/aromatic N) is 2. The van der Waals surface area contributed by atoms with E-state index in [2.05, 4.69) is 9.97 Å². The molecular formula is C15H19N3O3. The molecule has 1 saturated heterocycles. The second-order valence-corrected chi connectivity index (χ2v) is 5.39. The molecule has 2 aromatic heterocycles. The van der Waals surface area contributed by atoms with Crippen molar-refractivity contribution in [2.75, 3.05) is 13.7 Å². The molecule has 0 aromatic carbocycles. The number of furan rings is 1. The van der Waals surface area contributed by atoms with Crippen molar-refractivity contribution >= 4 is 5.91 Å². The summed E-state index contributed by atoms with van der Waals surface area (Å²) in [6.07, 6.45) is 5.86. The van der Waals surface area contributed by atoms with E-state index in [0.717, 1.165) is 17.8 Å². The second-order valence-electron chi connectivity index (χ2n) is 5.39. The van der Waals surface area contributed by atoms with Crippen LogP contribution in [0.3, 0.4) is 0 Å². The standard InChI is InChI=1S/C15H19N3O3/c1-9-8-21-10(2)13(9)15(19)18-7-11(20-3)6-12(18)14-16-4-5-17-14/h4-5,8,11-12H,6-7H2,1-3H3,(H,16,17)/t11-,12?/m1/s1. The van der Waals surface area contributed by atoms with Crippen molar-refractivity contribution in [3.05, 3.63) is 41.4 Å². The number of H-pyrrole nitrogens is 1. The minimum atomic E-state index is -0.0915. The molecule has 3 heterocycles. The van der Waals surface area contributed by atoms with Crippen LogP contribution in [0.25, 0.3) is 0 Å². The highest BCUT2D eigenvalue weighted by Gasteiger charge is 2.39. The normalized spacial score (nSPS) is 22.0. The Morgan fingerprint density at radius 1 is 1.52 bits per heavy atom. The number of carbonyl (C=O) groups excluding carboxylic acids is 1. The van der Waals surface area contributed by atoms with E-state index in [9.17, 15) is 4.79 Å². The quantitative estimate of drug-likeness (QED) is 0.940. The summed E-state index contributed by atoms with van der Waals surface area (Å²) in [5.41, 5.74) is 1.50. The van der Waals surface area contributed by atoms with Crippen molar-refractivity contribution in [2.45, 2.75) is 32.4 Å². The van der Waals surface area contributed by atoms with Gasteiger partial charge < -0.3 is 19.0 Å². The van der Waals surface area contributed by atoms with Gasteiger partial charge in [0.25, 0.3) is 5.91 Å². The SMILES string of the molecule is CO[C@@H]1CC(c2ncc[nH]2)N(C(=O)c2c(C)coc2C)C1. The summed E-state index contributed by atoms with van der Waals surface area (Å²) in [4.78, 5) is 22.1. The monoisotopic (exact) mass is 289 g/mol. The number of nitrogens with one attached hydrogen (secondary N) is 1. The van der Waals surface area contributed by atoms with Crippen LogP contribution in [-0.2, 0) is 4.74 Å². The van der Waals surface area contributed by atoms with Crippen molar-refractivity contribution in [1.82, 2.24) is 14.9 Å². The number of hydrogen-bond acceptors (Lipinski definition) is 4. The maximum Gasteiger partial charge on any atom is 0.258 e. The van der Waals surface area contributed by atoms with E-state index in [1.165, 1.54) is 0 Å². The van der Waals surface area contributed by atoms with Crippen molar-refractivity contribution in [1.29, 1.82) is 0 Å². The first kappa shape index (κ1) is 13.9. The van der Waals surface area contributed by atoms with Gasteiger partial charge in [-0.1, -0.05) is 0 Å². The zero-order chi connectivity index (χ0) is 15.0. The molecule has 6 heteroatoms. The molecule has 0 radical (unpaired) electrons. The summed E-state index contributed by atoms with van der Waals surface area (Å²) < 4.78 is 10.8. The molecule has 2 aromatic rings. The van der Waals surface area contributed by atoms with Gasteiger partial charge in [0, 0.05) is 38.0 Å². The highest BCUT2D eigenvalue weighted by atomic mass is 16.5. The largest absolute Gasteiger partial charge is 0.469 e. The molecule has 1 unspecified atom stereocenters. The molecule has 1 amide bonds. The summed E-state index contributed by atoms with van der Waals surface area (Å²) in [5.74, 6) is 1.41. The number of carbonyl (C=O) groups is 1. The molecule has 0 bridgehead atoms. The summed E-state index contributed by atoms with van der Waals surface area (Å²) in [5, 5.41) is 0. The number of ether oxygens (including phenoxy) is 1. The van der Waals surface area contributed by atoms with Crippen LogP contribution in [0, 0.1) is 13.8 Å². The van der Waals surface area contributed by atoms with Crippen molar-refractivity contribution in [3.63, 3.8) is 0 Å². The lowest BCUT2D eigenvalue weighted by Crippen LogP contribution is -2.33. The predicted octanol–water partition coefficient (Wildman–Crippen LogP) is 2.22. The first-order valence-corrected chi connectivity index (χ1v) is 6.99. The van der Waals surface area contributed by atoms with Gasteiger partial charge in [0.2, 0.25) is 0 Å². The number of aromatic nitrogens is 2. The predicted molar refractivity (Wildman–Crippen MR) is 76.0 cm³/mol. The zero-order valence-electron chi connectivity index (χ0n) is 12.4. The van der Waals surface area contributed by atoms with Crippen LogP contribution in [0.4, 0.5) is 0 Å². The van der Waals surface area contributed by atoms with E-state index in [1.54, 1.807) is 25.8 Å². The Balaban J connectivity index is 1.93. The lowest BCUT2D eigenvalue weighted by molar-refractivity contribution is 0.0682. The highest BCUT2D eigenvalue weighted by Crippen LogP contribution is 2.33. The van der Waals surface area contributed by atoms with Crippen molar-refractivity contribution in [2.24, 2.45) is 0 Å². The van der Waals surface area contributed by atoms with Crippen LogP contribution in [0.15, 0.2) is 23.1 Å². The maximum atomic E-state index is 12.9. The molecule has 21 heavy (non-hydrogen) atoms. The third-order valence-electron chi connectivity index (χ3n) is 4.06. The lowest BCUT2D eigenvalue weighted by Gasteiger charge is -2.23. The Morgan fingerprint density at radius 2 is 2.33 bits per heavy atom. The molecule has 2 atom stereocenters. The Hall–Kier alpha value is -2.08. The van der Waals surface area contributed by atoms with E-state index in [0.29, 0.717) is 17.9 Å². The molecule has 1 aliphatic rings. The molecule has 1 fully saturated rings. The second kappa shape index (κ2) is 5.37. The van der Waals surface area contributed by atoms with E-state index in [-0.39, 0.29) is 18.1 Å². The van der Waals surface area contributed by atoms with Gasteiger partial charge in [0.05, 0.1) is 24.0 Å². The van der Waals surface area contributed by atoms with Crippen molar-refractivity contribution in [3.8, 4) is 0 Å². The van der Waals surface area contributed by atoms with Gasteiger partial charge in [-0.3, -0.25) is 4.79 Å². The minimum absolute atomic E-state index is 0.0246. The van der Waals surface area contributed by atoms with Crippen LogP contribution >= 0.6 is 0 Å². The first-order valence-electron chi connectivity index (χ1n) is 6.99. The Bertz CT molecular complexity index is 613. The van der Waals surface area contributed by atoms with E-state index in [1.807, 2.05) is 18.7 Å². The van der Waals surface area contributed by atoms with Gasteiger partial charge in [-0.05, 0) is 13.8 Å². The van der Waals surface area contributed by atoms with Crippen LogP contribution in [0.1, 0.15) is 40.0 Å². The smallest absolute Gasteiger partial charge is 0.258 e. The molecular weight excluding hydrogens is 270 g/mol. The summed E-state index contributed by atoms with van der Waals surface area (Å²) >= 11 is 0. The van der Waals surface area contributed by atoms with Gasteiger partial charge in [-0.25, -0.2) is 4.98 Å². The third kappa shape index (κ3) is 2.35. The number of aryl methyl sites for hydroxylation is 2. The number of amides is 1. The van der Waals surface area contributed by atoms with Gasteiger partial charge in [-0.2, -0.15) is 0 Å². The molecule has 0 saturated carbocycles. The number of methoxy groups -OCH3 is 1. The molecule has 1 N–H and O–H groups in total. The maximum absolute atomic E-state index is 12.9. The summed E-state index contributed by atoms with van der Waals surface area (Å²) in [6.45, 7) is 4.26. The number of rotatable bonds is 3. The number of hydrogen-bond donors (Lipinski definition) is 1. The van der Waals surface area contributed by atoms with E-state index in [4.69, 9.17) is 9.15 Å². The topological polar surface area (TPSA) is 71.4 Å². The molecule has 6 nitrogen and oxygen atoms in total. The van der Waals surface area contributed by atoms with Gasteiger partial charge in [0.15, 0.2) is 0 Å². The fourth-order valence-electron chi connectivity index (χ4n) is 2.95. The molecule has 112 valence electrons. The van der Waals surface area contributed by atoms with E-state index < -0.39 is 0 Å². The van der Waals surface area contributed by atoms with Crippen LogP contribution < -0.4 is 0 Å². The molecule has 0 spiro atoms. The van der Waals surface area contributed by atoms with Crippen LogP contribution in [0.5, 0.6) is 0 Å². The fraction of sp³-hybridized carbons (Fsp3) is 0.467. The van der Waals surface area contributed by atoms with Crippen molar-refractivity contribution < 1.29 is 13.9 Å². The van der Waals surface area contributed by atoms with Crippen LogP contribution in [0.2, 0.25) is 0 Å². The van der Waals surface area contributed by atoms with Gasteiger partial charge in [0.1, 0.15) is 11.6 Å². The Morgan fingerprint density at radius 3 is 2.90 bits per heavy atom. The average molecular weight is 289 g/mol. The number of imidazole rings is 1. The van der Waals surface area contributed by atoms with Gasteiger partial charge >= 0.3 is 0 Å². The fourth-order valence-corrected chi connectivity index (χ4v) is 2.95. The lowest BCUT2D eigenvalue weighted by atomic mass is 10.1. The highest BCUT2D eigenvalue weighted by molar-refractivity contribution is 5.97. The number of likely N-dealkylation sites (tertiary alicyclic amines) is 1.